The van der Waals surface area contributed by atoms with Crippen LogP contribution in [0.25, 0.3) is 0 Å². The van der Waals surface area contributed by atoms with Crippen LogP contribution in [-0.4, -0.2) is 24.0 Å². The fourth-order valence-corrected chi connectivity index (χ4v) is 2.64. The Labute approximate surface area is 162 Å². The van der Waals surface area contributed by atoms with Crippen molar-refractivity contribution in [3.8, 4) is 11.8 Å². The monoisotopic (exact) mass is 364 g/mol. The van der Waals surface area contributed by atoms with E-state index in [0.717, 1.165) is 23.3 Å². The number of benzene rings is 2. The molecule has 0 saturated heterocycles. The molecule has 0 aliphatic rings. The summed E-state index contributed by atoms with van der Waals surface area (Å²) < 4.78 is 5.77. The number of carbonyl (C=O) groups excluding carboxylic acids is 1. The maximum absolute atomic E-state index is 12.6. The summed E-state index contributed by atoms with van der Waals surface area (Å²) in [5.41, 5.74) is 3.31. The Balaban J connectivity index is 0.00000176. The maximum atomic E-state index is 12.6. The van der Waals surface area contributed by atoms with E-state index in [4.69, 9.17) is 10.00 Å². The van der Waals surface area contributed by atoms with Crippen LogP contribution in [0.5, 0.6) is 5.75 Å². The molecule has 4 heteroatoms. The van der Waals surface area contributed by atoms with Gasteiger partial charge in [-0.05, 0) is 30.5 Å². The van der Waals surface area contributed by atoms with Crippen molar-refractivity contribution >= 4 is 5.91 Å². The van der Waals surface area contributed by atoms with E-state index in [1.807, 2.05) is 49.4 Å². The van der Waals surface area contributed by atoms with Crippen LogP contribution in [-0.2, 0) is 17.8 Å². The Morgan fingerprint density at radius 3 is 2.52 bits per heavy atom. The van der Waals surface area contributed by atoms with Crippen LogP contribution in [0.15, 0.2) is 61.7 Å². The lowest BCUT2D eigenvalue weighted by Gasteiger charge is -2.22. The second kappa shape index (κ2) is 12.3. The number of carbonyl (C=O) groups is 1. The lowest BCUT2D eigenvalue weighted by atomic mass is 10.1. The summed E-state index contributed by atoms with van der Waals surface area (Å²) in [7, 11) is 0. The van der Waals surface area contributed by atoms with Gasteiger partial charge in [-0.1, -0.05) is 55.0 Å². The highest BCUT2D eigenvalue weighted by Crippen LogP contribution is 2.20. The molecular weight excluding hydrogens is 336 g/mol. The Morgan fingerprint density at radius 2 is 1.89 bits per heavy atom. The molecule has 0 aliphatic carbocycles. The quantitative estimate of drug-likeness (QED) is 0.639. The molecule has 0 spiro atoms. The molecule has 0 N–H and O–H groups in total. The summed E-state index contributed by atoms with van der Waals surface area (Å²) in [5, 5.41) is 8.85. The minimum absolute atomic E-state index is 0.0195. The van der Waals surface area contributed by atoms with Crippen LogP contribution in [0.3, 0.4) is 0 Å². The van der Waals surface area contributed by atoms with Gasteiger partial charge >= 0.3 is 0 Å². The van der Waals surface area contributed by atoms with E-state index in [1.165, 1.54) is 5.56 Å². The molecule has 1 amide bonds. The van der Waals surface area contributed by atoms with E-state index in [2.05, 4.69) is 32.2 Å². The Hall–Kier alpha value is -3.06. The number of rotatable bonds is 8. The van der Waals surface area contributed by atoms with Crippen LogP contribution in [0.4, 0.5) is 0 Å². The highest BCUT2D eigenvalue weighted by molar-refractivity contribution is 5.77. The molecule has 27 heavy (non-hydrogen) atoms. The minimum Gasteiger partial charge on any atom is -0.483 e. The first-order chi connectivity index (χ1) is 13.1. The number of hydrogen-bond acceptors (Lipinski definition) is 3. The fourth-order valence-electron chi connectivity index (χ4n) is 2.64. The molecule has 0 bridgehead atoms. The van der Waals surface area contributed by atoms with Crippen molar-refractivity contribution in [1.29, 1.82) is 5.26 Å². The molecule has 0 aromatic heterocycles. The number of amides is 1. The van der Waals surface area contributed by atoms with Gasteiger partial charge < -0.3 is 9.64 Å². The smallest absolute Gasteiger partial charge is 0.260 e. The maximum Gasteiger partial charge on any atom is 0.260 e. The zero-order valence-electron chi connectivity index (χ0n) is 16.3. The highest BCUT2D eigenvalue weighted by Gasteiger charge is 2.15. The third kappa shape index (κ3) is 7.37. The van der Waals surface area contributed by atoms with Crippen LogP contribution in [0.2, 0.25) is 0 Å². The molecule has 0 unspecified atom stereocenters. The lowest BCUT2D eigenvalue weighted by Crippen LogP contribution is -2.35. The SMILES string of the molecule is C=C.CCc1cc(C)ccc1OCC(=O)N(CCC#N)Cc1ccccc1. The summed E-state index contributed by atoms with van der Waals surface area (Å²) in [6, 6.07) is 17.9. The van der Waals surface area contributed by atoms with E-state index in [9.17, 15) is 4.79 Å². The van der Waals surface area contributed by atoms with E-state index in [1.54, 1.807) is 4.90 Å². The molecule has 142 valence electrons. The summed E-state index contributed by atoms with van der Waals surface area (Å²) in [6.07, 6.45) is 1.16. The van der Waals surface area contributed by atoms with Gasteiger partial charge in [-0.15, -0.1) is 13.2 Å². The van der Waals surface area contributed by atoms with Gasteiger partial charge in [0.1, 0.15) is 5.75 Å². The first-order valence-electron chi connectivity index (χ1n) is 9.05. The third-order valence-electron chi connectivity index (χ3n) is 4.01. The van der Waals surface area contributed by atoms with Crippen molar-refractivity contribution in [3.63, 3.8) is 0 Å². The predicted molar refractivity (Wildman–Crippen MR) is 109 cm³/mol. The van der Waals surface area contributed by atoms with Crippen molar-refractivity contribution in [2.45, 2.75) is 33.2 Å². The molecule has 4 nitrogen and oxygen atoms in total. The third-order valence-corrected chi connectivity index (χ3v) is 4.01. The number of aryl methyl sites for hydroxylation is 2. The average Bonchev–Trinajstić information content (AvgIpc) is 2.72. The molecule has 2 aromatic rings. The number of nitriles is 1. The zero-order chi connectivity index (χ0) is 20.1. The first-order valence-corrected chi connectivity index (χ1v) is 9.05. The average molecular weight is 364 g/mol. The summed E-state index contributed by atoms with van der Waals surface area (Å²) in [4.78, 5) is 14.3. The van der Waals surface area contributed by atoms with Crippen molar-refractivity contribution in [3.05, 3.63) is 78.4 Å². The molecule has 2 rings (SSSR count). The van der Waals surface area contributed by atoms with Crippen LogP contribution in [0.1, 0.15) is 30.0 Å². The molecule has 0 atom stereocenters. The number of nitrogens with zero attached hydrogens (tertiary/aromatic N) is 2. The highest BCUT2D eigenvalue weighted by atomic mass is 16.5. The minimum atomic E-state index is -0.110. The van der Waals surface area contributed by atoms with E-state index in [0.29, 0.717) is 19.5 Å². The van der Waals surface area contributed by atoms with Gasteiger partial charge in [0.2, 0.25) is 0 Å². The number of ether oxygens (including phenoxy) is 1. The van der Waals surface area contributed by atoms with Gasteiger partial charge in [0.05, 0.1) is 12.5 Å². The first kappa shape index (κ1) is 22.0. The van der Waals surface area contributed by atoms with Gasteiger partial charge in [-0.2, -0.15) is 5.26 Å². The van der Waals surface area contributed by atoms with Crippen molar-refractivity contribution in [2.24, 2.45) is 0 Å². The molecule has 0 fully saturated rings. The van der Waals surface area contributed by atoms with Gasteiger partial charge in [0, 0.05) is 13.1 Å². The topological polar surface area (TPSA) is 53.3 Å². The Bertz CT molecular complexity index is 751. The van der Waals surface area contributed by atoms with E-state index < -0.39 is 0 Å². The Kier molecular flexibility index (Phi) is 10.0. The van der Waals surface area contributed by atoms with Crippen molar-refractivity contribution in [1.82, 2.24) is 4.90 Å². The van der Waals surface area contributed by atoms with Gasteiger partial charge in [-0.25, -0.2) is 0 Å². The van der Waals surface area contributed by atoms with Crippen LogP contribution < -0.4 is 4.74 Å². The zero-order valence-corrected chi connectivity index (χ0v) is 16.3. The molecule has 2 aromatic carbocycles. The van der Waals surface area contributed by atoms with E-state index >= 15 is 0 Å². The number of hydrogen-bond donors (Lipinski definition) is 0. The van der Waals surface area contributed by atoms with Crippen LogP contribution >= 0.6 is 0 Å². The standard InChI is InChI=1S/C21H24N2O2.C2H4/c1-3-19-14-17(2)10-11-20(19)25-16-21(24)23(13-7-12-22)15-18-8-5-4-6-9-18;1-2/h4-6,8-11,14H,3,7,13,15-16H2,1-2H3;1-2H2. The molecule has 0 heterocycles. The molecule has 0 saturated carbocycles. The second-order valence-corrected chi connectivity index (χ2v) is 5.96. The second-order valence-electron chi connectivity index (χ2n) is 5.96. The van der Waals surface area contributed by atoms with Crippen LogP contribution in [0, 0.1) is 18.3 Å². The lowest BCUT2D eigenvalue weighted by molar-refractivity contribution is -0.133. The summed E-state index contributed by atoms with van der Waals surface area (Å²) in [5.74, 6) is 0.642. The van der Waals surface area contributed by atoms with Gasteiger partial charge in [-0.3, -0.25) is 4.79 Å². The van der Waals surface area contributed by atoms with Gasteiger partial charge in [0.25, 0.3) is 5.91 Å². The largest absolute Gasteiger partial charge is 0.483 e. The Morgan fingerprint density at radius 1 is 1.19 bits per heavy atom. The predicted octanol–water partition coefficient (Wildman–Crippen LogP) is 4.68. The van der Waals surface area contributed by atoms with Gasteiger partial charge in [0.15, 0.2) is 6.61 Å². The molecule has 0 aliphatic heterocycles. The molecular formula is C23H28N2O2. The fraction of sp³-hybridized carbons (Fsp3) is 0.304. The summed E-state index contributed by atoms with van der Waals surface area (Å²) >= 11 is 0. The summed E-state index contributed by atoms with van der Waals surface area (Å²) in [6.45, 7) is 11.0. The van der Waals surface area contributed by atoms with E-state index in [-0.39, 0.29) is 12.5 Å². The van der Waals surface area contributed by atoms with Crippen molar-refractivity contribution in [2.75, 3.05) is 13.2 Å². The molecule has 0 radical (unpaired) electrons. The van der Waals surface area contributed by atoms with Crippen molar-refractivity contribution < 1.29 is 9.53 Å². The normalized spacial score (nSPS) is 9.52.